The normalized spacial score (nSPS) is 16.3. The van der Waals surface area contributed by atoms with Crippen LogP contribution >= 0.6 is 0 Å². The molecule has 0 bridgehead atoms. The third kappa shape index (κ3) is 5.24. The maximum absolute atomic E-state index is 13.1. The van der Waals surface area contributed by atoms with Gasteiger partial charge in [-0.25, -0.2) is 8.78 Å². The molecule has 1 fully saturated rings. The predicted molar refractivity (Wildman–Crippen MR) is 84.7 cm³/mol. The molecule has 0 spiro atoms. The molecular weight excluding hydrogens is 320 g/mol. The molecule has 1 amide bonds. The number of nitrogens with one attached hydrogen (secondary N) is 1. The number of halogens is 2. The summed E-state index contributed by atoms with van der Waals surface area (Å²) in [6, 6.07) is 3.41. The van der Waals surface area contributed by atoms with Crippen LogP contribution in [0.1, 0.15) is 12.8 Å². The number of carboxylic acids is 1. The minimum atomic E-state index is -1.00. The summed E-state index contributed by atoms with van der Waals surface area (Å²) in [4.78, 5) is 26.5. The summed E-state index contributed by atoms with van der Waals surface area (Å²) in [6.45, 7) is 1.52. The third-order valence-corrected chi connectivity index (χ3v) is 4.14. The lowest BCUT2D eigenvalue weighted by Crippen LogP contribution is -2.46. The molecule has 1 aliphatic heterocycles. The van der Waals surface area contributed by atoms with Gasteiger partial charge in [-0.15, -0.1) is 0 Å². The van der Waals surface area contributed by atoms with Crippen LogP contribution in [0.3, 0.4) is 0 Å². The molecule has 132 valence electrons. The van der Waals surface area contributed by atoms with E-state index in [2.05, 4.69) is 5.32 Å². The standard InChI is InChI=1S/C16H21F2N3O3/c1-20(10-16(23)24)12-4-6-21(7-5-12)9-15(22)19-11-2-3-13(17)14(18)8-11/h2-3,8,12H,4-7,9-10H2,1H3,(H,19,22)(H,23,24). The van der Waals surface area contributed by atoms with Gasteiger partial charge in [0.15, 0.2) is 11.6 Å². The van der Waals surface area contributed by atoms with Crippen LogP contribution in [-0.4, -0.2) is 66.1 Å². The van der Waals surface area contributed by atoms with Crippen LogP contribution < -0.4 is 5.32 Å². The SMILES string of the molecule is CN(CC(=O)O)C1CCN(CC(=O)Nc2ccc(F)c(F)c2)CC1. The van der Waals surface area contributed by atoms with E-state index in [-0.39, 0.29) is 30.7 Å². The smallest absolute Gasteiger partial charge is 0.317 e. The number of carboxylic acid groups (broad SMARTS) is 1. The number of anilines is 1. The molecule has 1 heterocycles. The van der Waals surface area contributed by atoms with E-state index in [0.29, 0.717) is 13.1 Å². The first-order valence-corrected chi connectivity index (χ1v) is 7.74. The zero-order valence-electron chi connectivity index (χ0n) is 13.5. The number of rotatable bonds is 6. The van der Waals surface area contributed by atoms with Gasteiger partial charge in [-0.1, -0.05) is 0 Å². The number of likely N-dealkylation sites (N-methyl/N-ethyl adjacent to an activating group) is 1. The van der Waals surface area contributed by atoms with Crippen molar-refractivity contribution in [1.29, 1.82) is 0 Å². The summed E-state index contributed by atoms with van der Waals surface area (Å²) in [7, 11) is 1.78. The quantitative estimate of drug-likeness (QED) is 0.818. The van der Waals surface area contributed by atoms with Crippen molar-refractivity contribution in [3.63, 3.8) is 0 Å². The maximum Gasteiger partial charge on any atom is 0.317 e. The Bertz CT molecular complexity index is 604. The van der Waals surface area contributed by atoms with Crippen molar-refractivity contribution in [3.05, 3.63) is 29.8 Å². The van der Waals surface area contributed by atoms with E-state index in [1.54, 1.807) is 11.9 Å². The summed E-state index contributed by atoms with van der Waals surface area (Å²) >= 11 is 0. The molecule has 6 nitrogen and oxygen atoms in total. The van der Waals surface area contributed by atoms with Crippen LogP contribution in [0.5, 0.6) is 0 Å². The zero-order valence-corrected chi connectivity index (χ0v) is 13.5. The second kappa shape index (κ2) is 8.16. The molecule has 0 aliphatic carbocycles. The topological polar surface area (TPSA) is 72.9 Å². The summed E-state index contributed by atoms with van der Waals surface area (Å²) in [5, 5.41) is 11.3. The molecule has 8 heteroatoms. The van der Waals surface area contributed by atoms with E-state index < -0.39 is 17.6 Å². The molecule has 0 unspecified atom stereocenters. The van der Waals surface area contributed by atoms with Crippen molar-refractivity contribution >= 4 is 17.6 Å². The average Bonchev–Trinajstić information content (AvgIpc) is 2.51. The number of piperidine rings is 1. The monoisotopic (exact) mass is 341 g/mol. The minimum absolute atomic E-state index is 0.00127. The van der Waals surface area contributed by atoms with Crippen LogP contribution in [0.15, 0.2) is 18.2 Å². The Hall–Kier alpha value is -2.06. The van der Waals surface area contributed by atoms with Crippen LogP contribution in [0.2, 0.25) is 0 Å². The lowest BCUT2D eigenvalue weighted by atomic mass is 10.0. The molecular formula is C16H21F2N3O3. The molecule has 2 N–H and O–H groups in total. The van der Waals surface area contributed by atoms with Gasteiger partial charge in [0.2, 0.25) is 5.91 Å². The number of amides is 1. The van der Waals surface area contributed by atoms with Gasteiger partial charge in [0.25, 0.3) is 0 Å². The van der Waals surface area contributed by atoms with Crippen molar-refractivity contribution in [2.75, 3.05) is 38.5 Å². The lowest BCUT2D eigenvalue weighted by Gasteiger charge is -2.35. The lowest BCUT2D eigenvalue weighted by molar-refractivity contribution is -0.138. The summed E-state index contributed by atoms with van der Waals surface area (Å²) < 4.78 is 26.0. The molecule has 1 aromatic carbocycles. The van der Waals surface area contributed by atoms with Crippen LogP contribution in [0.25, 0.3) is 0 Å². The molecule has 1 saturated heterocycles. The van der Waals surface area contributed by atoms with Gasteiger partial charge in [-0.2, -0.15) is 0 Å². The first kappa shape index (κ1) is 18.3. The number of carbonyl (C=O) groups is 2. The Morgan fingerprint density at radius 3 is 2.54 bits per heavy atom. The fraction of sp³-hybridized carbons (Fsp3) is 0.500. The van der Waals surface area contributed by atoms with Gasteiger partial charge in [0.05, 0.1) is 13.1 Å². The van der Waals surface area contributed by atoms with Gasteiger partial charge >= 0.3 is 5.97 Å². The zero-order chi connectivity index (χ0) is 17.7. The van der Waals surface area contributed by atoms with Crippen LogP contribution in [-0.2, 0) is 9.59 Å². The van der Waals surface area contributed by atoms with Gasteiger partial charge in [-0.05, 0) is 32.0 Å². The maximum atomic E-state index is 13.1. The van der Waals surface area contributed by atoms with Crippen molar-refractivity contribution in [2.24, 2.45) is 0 Å². The molecule has 2 rings (SSSR count). The Balaban J connectivity index is 1.77. The van der Waals surface area contributed by atoms with Crippen molar-refractivity contribution in [1.82, 2.24) is 9.80 Å². The second-order valence-corrected chi connectivity index (χ2v) is 5.99. The van der Waals surface area contributed by atoms with Gasteiger partial charge in [-0.3, -0.25) is 19.4 Å². The van der Waals surface area contributed by atoms with Crippen molar-refractivity contribution in [3.8, 4) is 0 Å². The first-order valence-electron chi connectivity index (χ1n) is 7.74. The Kier molecular flexibility index (Phi) is 6.22. The fourth-order valence-electron chi connectivity index (χ4n) is 2.84. The average molecular weight is 341 g/mol. The first-order chi connectivity index (χ1) is 11.3. The van der Waals surface area contributed by atoms with E-state index in [1.165, 1.54) is 6.07 Å². The van der Waals surface area contributed by atoms with Crippen LogP contribution in [0, 0.1) is 11.6 Å². The highest BCUT2D eigenvalue weighted by Gasteiger charge is 2.24. The minimum Gasteiger partial charge on any atom is -0.480 e. The van der Waals surface area contributed by atoms with E-state index in [0.717, 1.165) is 25.0 Å². The van der Waals surface area contributed by atoms with Crippen molar-refractivity contribution < 1.29 is 23.5 Å². The van der Waals surface area contributed by atoms with Gasteiger partial charge < -0.3 is 10.4 Å². The van der Waals surface area contributed by atoms with E-state index in [9.17, 15) is 18.4 Å². The highest BCUT2D eigenvalue weighted by Crippen LogP contribution is 2.16. The molecule has 0 saturated carbocycles. The Morgan fingerprint density at radius 2 is 1.96 bits per heavy atom. The van der Waals surface area contributed by atoms with Gasteiger partial charge in [0, 0.05) is 30.9 Å². The number of nitrogens with zero attached hydrogens (tertiary/aromatic N) is 2. The molecule has 0 atom stereocenters. The summed E-state index contributed by atoms with van der Waals surface area (Å²) in [6.07, 6.45) is 1.56. The molecule has 24 heavy (non-hydrogen) atoms. The summed E-state index contributed by atoms with van der Waals surface area (Å²) in [5.74, 6) is -3.11. The predicted octanol–water partition coefficient (Wildman–Crippen LogP) is 1.38. The number of carbonyl (C=O) groups excluding carboxylic acids is 1. The Morgan fingerprint density at radius 1 is 1.29 bits per heavy atom. The Labute approximate surface area is 139 Å². The number of likely N-dealkylation sites (tertiary alicyclic amines) is 1. The number of aliphatic carboxylic acids is 1. The highest BCUT2D eigenvalue weighted by atomic mass is 19.2. The van der Waals surface area contributed by atoms with Crippen molar-refractivity contribution in [2.45, 2.75) is 18.9 Å². The number of hydrogen-bond acceptors (Lipinski definition) is 4. The highest BCUT2D eigenvalue weighted by molar-refractivity contribution is 5.92. The molecule has 1 aliphatic rings. The fourth-order valence-corrected chi connectivity index (χ4v) is 2.84. The molecule has 0 radical (unpaired) electrons. The van der Waals surface area contributed by atoms with E-state index >= 15 is 0 Å². The largest absolute Gasteiger partial charge is 0.480 e. The van der Waals surface area contributed by atoms with Crippen LogP contribution in [0.4, 0.5) is 14.5 Å². The van der Waals surface area contributed by atoms with E-state index in [1.807, 2.05) is 4.90 Å². The second-order valence-electron chi connectivity index (χ2n) is 5.99. The number of hydrogen-bond donors (Lipinski definition) is 2. The third-order valence-electron chi connectivity index (χ3n) is 4.14. The number of benzene rings is 1. The van der Waals surface area contributed by atoms with E-state index in [4.69, 9.17) is 5.11 Å². The molecule has 1 aromatic rings. The summed E-state index contributed by atoms with van der Waals surface area (Å²) in [5.41, 5.74) is 0.218. The molecule has 0 aromatic heterocycles. The van der Waals surface area contributed by atoms with Gasteiger partial charge in [0.1, 0.15) is 0 Å².